The fourth-order valence-electron chi connectivity index (χ4n) is 2.19. The standard InChI is InChI=1S/C14H17N3O5S/c1-3-15-14(18)13-12(9-23(21,22)4-2)16(19)10-7-5-6-8-11(10)17(13)20/h5-8H,3-4,9H2,1-2H3,(H,15,18). The molecule has 1 heterocycles. The summed E-state index contributed by atoms with van der Waals surface area (Å²) in [6.07, 6.45) is 0. The third-order valence-corrected chi connectivity index (χ3v) is 4.98. The van der Waals surface area contributed by atoms with Crippen molar-refractivity contribution in [1.82, 2.24) is 10.0 Å². The lowest BCUT2D eigenvalue weighted by atomic mass is 10.2. The largest absolute Gasteiger partial charge is 0.805 e. The van der Waals surface area contributed by atoms with E-state index in [1.807, 2.05) is 0 Å². The SMILES string of the molecule is CCNC(=O)c1c(CS(=O)(=O)CC)n([O-])c2ccccc2[n+]1=O. The van der Waals surface area contributed by atoms with Crippen LogP contribution in [0, 0.1) is 10.1 Å². The first-order chi connectivity index (χ1) is 10.8. The van der Waals surface area contributed by atoms with Gasteiger partial charge in [-0.25, -0.2) is 8.42 Å². The lowest BCUT2D eigenvalue weighted by Crippen LogP contribution is -2.38. The third kappa shape index (κ3) is 3.19. The van der Waals surface area contributed by atoms with Gasteiger partial charge in [-0.3, -0.25) is 4.79 Å². The first kappa shape index (κ1) is 16.9. The van der Waals surface area contributed by atoms with Gasteiger partial charge in [0.1, 0.15) is 11.2 Å². The molecule has 0 bridgehead atoms. The highest BCUT2D eigenvalue weighted by atomic mass is 32.2. The van der Waals surface area contributed by atoms with Crippen LogP contribution in [0.25, 0.3) is 11.0 Å². The second kappa shape index (κ2) is 6.37. The molecule has 0 saturated heterocycles. The van der Waals surface area contributed by atoms with Gasteiger partial charge < -0.3 is 15.3 Å². The number of hydrogen-bond donors (Lipinski definition) is 1. The molecule has 1 N–H and O–H groups in total. The van der Waals surface area contributed by atoms with Gasteiger partial charge in [0.25, 0.3) is 5.52 Å². The lowest BCUT2D eigenvalue weighted by Gasteiger charge is -2.18. The highest BCUT2D eigenvalue weighted by molar-refractivity contribution is 7.90. The van der Waals surface area contributed by atoms with E-state index in [0.717, 1.165) is 0 Å². The fourth-order valence-corrected chi connectivity index (χ4v) is 3.07. The van der Waals surface area contributed by atoms with Crippen molar-refractivity contribution in [2.45, 2.75) is 19.6 Å². The van der Waals surface area contributed by atoms with Crippen molar-refractivity contribution in [2.24, 2.45) is 0 Å². The molecule has 0 saturated carbocycles. The summed E-state index contributed by atoms with van der Waals surface area (Å²) in [6, 6.07) is 5.92. The van der Waals surface area contributed by atoms with E-state index in [4.69, 9.17) is 0 Å². The van der Waals surface area contributed by atoms with Crippen LogP contribution in [0.4, 0.5) is 0 Å². The number of rotatable bonds is 5. The average Bonchev–Trinajstić information content (AvgIpc) is 2.52. The number of carbonyl (C=O) groups is 1. The molecule has 8 nitrogen and oxygen atoms in total. The number of aromatic nitrogens is 2. The predicted molar refractivity (Wildman–Crippen MR) is 85.2 cm³/mol. The zero-order chi connectivity index (χ0) is 17.2. The Labute approximate surface area is 132 Å². The molecular weight excluding hydrogens is 322 g/mol. The molecule has 1 aromatic heterocycles. The molecule has 1 aromatic carbocycles. The minimum Gasteiger partial charge on any atom is -0.805 e. The Morgan fingerprint density at radius 2 is 1.96 bits per heavy atom. The highest BCUT2D eigenvalue weighted by Crippen LogP contribution is 2.17. The van der Waals surface area contributed by atoms with Gasteiger partial charge in [-0.05, 0) is 13.0 Å². The van der Waals surface area contributed by atoms with Gasteiger partial charge in [0.2, 0.25) is 0 Å². The topological polar surface area (TPSA) is 114 Å². The Kier molecular flexibility index (Phi) is 4.69. The van der Waals surface area contributed by atoms with E-state index in [1.165, 1.54) is 19.1 Å². The van der Waals surface area contributed by atoms with Gasteiger partial charge in [0, 0.05) is 23.3 Å². The predicted octanol–water partition coefficient (Wildman–Crippen LogP) is 0.586. The minimum atomic E-state index is -3.60. The van der Waals surface area contributed by atoms with E-state index in [1.54, 1.807) is 19.1 Å². The summed E-state index contributed by atoms with van der Waals surface area (Å²) in [6.45, 7) is 3.33. The van der Waals surface area contributed by atoms with E-state index < -0.39 is 27.2 Å². The summed E-state index contributed by atoms with van der Waals surface area (Å²) in [7, 11) is -3.60. The molecule has 0 atom stereocenters. The van der Waals surface area contributed by atoms with Crippen molar-refractivity contribution in [3.05, 3.63) is 45.8 Å². The molecular formula is C14H17N3O5S. The van der Waals surface area contributed by atoms with Gasteiger partial charge in [-0.1, -0.05) is 19.1 Å². The third-order valence-electron chi connectivity index (χ3n) is 3.39. The van der Waals surface area contributed by atoms with Crippen LogP contribution in [0.3, 0.4) is 0 Å². The normalized spacial score (nSPS) is 11.6. The van der Waals surface area contributed by atoms with E-state index in [0.29, 0.717) is 9.16 Å². The zero-order valence-electron chi connectivity index (χ0n) is 12.8. The van der Waals surface area contributed by atoms with Crippen molar-refractivity contribution in [3.8, 4) is 0 Å². The van der Waals surface area contributed by atoms with Crippen LogP contribution < -0.4 is 9.74 Å². The lowest BCUT2D eigenvalue weighted by molar-refractivity contribution is -0.468. The Bertz CT molecular complexity index is 918. The summed E-state index contributed by atoms with van der Waals surface area (Å²) in [5, 5.41) is 15.0. The van der Waals surface area contributed by atoms with Crippen molar-refractivity contribution in [1.29, 1.82) is 0 Å². The number of sulfone groups is 1. The second-order valence-electron chi connectivity index (χ2n) is 4.91. The second-order valence-corrected chi connectivity index (χ2v) is 7.26. The number of fused-ring (bicyclic) bond motifs is 1. The molecule has 0 aliphatic heterocycles. The van der Waals surface area contributed by atoms with Crippen LogP contribution in [0.5, 0.6) is 0 Å². The first-order valence-electron chi connectivity index (χ1n) is 7.07. The van der Waals surface area contributed by atoms with E-state index in [2.05, 4.69) is 5.32 Å². The van der Waals surface area contributed by atoms with E-state index in [9.17, 15) is 23.3 Å². The summed E-state index contributed by atoms with van der Waals surface area (Å²) >= 11 is 0. The molecule has 0 radical (unpaired) electrons. The van der Waals surface area contributed by atoms with Crippen LogP contribution in [-0.4, -0.2) is 31.4 Å². The Balaban J connectivity index is 2.86. The molecule has 0 fully saturated rings. The summed E-state index contributed by atoms with van der Waals surface area (Å²) in [4.78, 5) is 24.7. The van der Waals surface area contributed by atoms with Gasteiger partial charge >= 0.3 is 11.6 Å². The molecule has 0 aliphatic rings. The number of carbonyl (C=O) groups excluding carboxylic acids is 1. The van der Waals surface area contributed by atoms with Crippen LogP contribution in [-0.2, 0) is 15.6 Å². The Hall–Kier alpha value is -2.42. The number of benzene rings is 1. The molecule has 0 unspecified atom stereocenters. The van der Waals surface area contributed by atoms with E-state index >= 15 is 0 Å². The molecule has 124 valence electrons. The maximum absolute atomic E-state index is 12.5. The Morgan fingerprint density at radius 1 is 1.30 bits per heavy atom. The molecule has 2 rings (SSSR count). The maximum Gasteiger partial charge on any atom is 0.347 e. The summed E-state index contributed by atoms with van der Waals surface area (Å²) < 4.78 is 24.5. The quantitative estimate of drug-likeness (QED) is 0.801. The van der Waals surface area contributed by atoms with Gasteiger partial charge in [0.15, 0.2) is 9.84 Å². The molecule has 0 aliphatic carbocycles. The maximum atomic E-state index is 12.5. The van der Waals surface area contributed by atoms with E-state index in [-0.39, 0.29) is 29.0 Å². The number of nitrogens with one attached hydrogen (secondary N) is 1. The average molecular weight is 339 g/mol. The van der Waals surface area contributed by atoms with Crippen LogP contribution in [0.15, 0.2) is 24.3 Å². The van der Waals surface area contributed by atoms with Crippen molar-refractivity contribution in [3.63, 3.8) is 0 Å². The van der Waals surface area contributed by atoms with Crippen molar-refractivity contribution < 1.29 is 17.6 Å². The molecule has 0 spiro atoms. The van der Waals surface area contributed by atoms with Crippen LogP contribution in [0.1, 0.15) is 30.0 Å². The van der Waals surface area contributed by atoms with Gasteiger partial charge in [-0.15, -0.1) is 0 Å². The molecule has 23 heavy (non-hydrogen) atoms. The number of nitrogens with zero attached hydrogens (tertiary/aromatic N) is 2. The van der Waals surface area contributed by atoms with Crippen LogP contribution in [0.2, 0.25) is 0 Å². The number of para-hydroxylation sites is 2. The first-order valence-corrected chi connectivity index (χ1v) is 8.89. The molecule has 2 aromatic rings. The number of amides is 1. The smallest absolute Gasteiger partial charge is 0.347 e. The van der Waals surface area contributed by atoms with Gasteiger partial charge in [0.05, 0.1) is 10.2 Å². The van der Waals surface area contributed by atoms with Gasteiger partial charge in [-0.2, -0.15) is 0 Å². The Morgan fingerprint density at radius 3 is 2.57 bits per heavy atom. The molecule has 1 amide bonds. The fraction of sp³-hybridized carbons (Fsp3) is 0.357. The highest BCUT2D eigenvalue weighted by Gasteiger charge is 2.30. The monoisotopic (exact) mass is 339 g/mol. The van der Waals surface area contributed by atoms with Crippen molar-refractivity contribution >= 4 is 26.8 Å². The van der Waals surface area contributed by atoms with Crippen LogP contribution >= 0.6 is 0 Å². The number of hydrogen-bond acceptors (Lipinski definition) is 5. The molecule has 9 heteroatoms. The minimum absolute atomic E-state index is 0.00130. The summed E-state index contributed by atoms with van der Waals surface area (Å²) in [5.74, 6) is -1.65. The summed E-state index contributed by atoms with van der Waals surface area (Å²) in [5.41, 5.74) is -0.845. The zero-order valence-corrected chi connectivity index (χ0v) is 13.6. The van der Waals surface area contributed by atoms with Crippen molar-refractivity contribution in [2.75, 3.05) is 12.3 Å².